The molecule has 0 radical (unpaired) electrons. The Kier molecular flexibility index (Phi) is 12.0. The van der Waals surface area contributed by atoms with Crippen molar-refractivity contribution in [3.05, 3.63) is 108 Å². The van der Waals surface area contributed by atoms with Crippen molar-refractivity contribution in [3.8, 4) is 0 Å². The Labute approximate surface area is 335 Å². The third-order valence-corrected chi connectivity index (χ3v) is 10.4. The van der Waals surface area contributed by atoms with E-state index in [1.807, 2.05) is 0 Å². The van der Waals surface area contributed by atoms with E-state index in [0.29, 0.717) is 28.3 Å². The van der Waals surface area contributed by atoms with Crippen molar-refractivity contribution in [3.63, 3.8) is 0 Å². The number of carboxylic acid groups (broad SMARTS) is 1. The minimum absolute atomic E-state index is 0.000850. The molecule has 6 aromatic rings. The molecule has 21 nitrogen and oxygen atoms in total. The molecule has 0 aliphatic rings. The Hall–Kier alpha value is -6.83. The van der Waals surface area contributed by atoms with E-state index in [9.17, 15) is 44.3 Å². The lowest BCUT2D eigenvalue weighted by Gasteiger charge is -2.11. The summed E-state index contributed by atoms with van der Waals surface area (Å²) in [5.74, 6) is -1.75. The number of fused-ring (bicyclic) bond motifs is 1. The molecule has 304 valence electrons. The highest BCUT2D eigenvalue weighted by Crippen LogP contribution is 2.34. The zero-order valence-corrected chi connectivity index (χ0v) is 32.6. The van der Waals surface area contributed by atoms with E-state index in [-0.39, 0.29) is 52.1 Å². The molecule has 0 bridgehead atoms. The number of nitrogens with zero attached hydrogens (tertiary/aromatic N) is 7. The number of aryl methyl sites for hydroxylation is 1. The maximum Gasteiger partial charge on any atom is 0.335 e. The lowest BCUT2D eigenvalue weighted by Crippen LogP contribution is -2.17. The first-order valence-corrected chi connectivity index (χ1v) is 21.2. The summed E-state index contributed by atoms with van der Waals surface area (Å²) in [7, 11) is -13.9. The Balaban J connectivity index is 1.21. The van der Waals surface area contributed by atoms with E-state index in [1.54, 1.807) is 49.4 Å². The average molecular weight is 863 g/mol. The van der Waals surface area contributed by atoms with Crippen LogP contribution < -0.4 is 16.0 Å². The van der Waals surface area contributed by atoms with Crippen molar-refractivity contribution in [2.24, 2.45) is 20.5 Å². The maximum absolute atomic E-state index is 12.1. The number of aromatic nitrogens is 3. The van der Waals surface area contributed by atoms with E-state index >= 15 is 0 Å². The second-order valence-corrected chi connectivity index (χ2v) is 16.7. The Bertz CT molecular complexity index is 2990. The molecule has 5 aromatic carbocycles. The number of benzene rings is 5. The van der Waals surface area contributed by atoms with Gasteiger partial charge in [-0.1, -0.05) is 12.1 Å². The lowest BCUT2D eigenvalue weighted by molar-refractivity contribution is 0.0696. The van der Waals surface area contributed by atoms with E-state index in [0.717, 1.165) is 12.1 Å². The molecule has 0 atom stereocenters. The minimum atomic E-state index is -4.86. The molecule has 0 spiro atoms. The van der Waals surface area contributed by atoms with Crippen molar-refractivity contribution in [2.45, 2.75) is 16.7 Å². The van der Waals surface area contributed by atoms with Crippen LogP contribution >= 0.6 is 0 Å². The van der Waals surface area contributed by atoms with Gasteiger partial charge in [-0.3, -0.25) is 13.7 Å². The van der Waals surface area contributed by atoms with Gasteiger partial charge < -0.3 is 21.1 Å². The number of anilines is 5. The van der Waals surface area contributed by atoms with Crippen molar-refractivity contribution in [2.75, 3.05) is 28.2 Å². The largest absolute Gasteiger partial charge is 0.478 e. The number of rotatable bonds is 15. The third-order valence-electron chi connectivity index (χ3n) is 7.85. The number of hydrogen-bond donors (Lipinski definition) is 7. The summed E-state index contributed by atoms with van der Waals surface area (Å²) in [6.45, 7) is 1.50. The van der Waals surface area contributed by atoms with Crippen LogP contribution in [0.4, 0.5) is 52.0 Å². The number of azo groups is 2. The SMILES string of the molecule is Cc1cc(N=Nc2ccc(Nc3nc(NCCS(=O)(=O)O)nc(Nc4ccc(N=Nc5cc(S(=O)(=O)O)c6cccc(S(=O)(=O)O)c6c5)cc4)n3)cc2)cc(C(=O)O)c1. The monoisotopic (exact) mass is 862 g/mol. The predicted octanol–water partition coefficient (Wildman–Crippen LogP) is 7.14. The first-order valence-electron chi connectivity index (χ1n) is 16.7. The molecule has 0 saturated carbocycles. The summed E-state index contributed by atoms with van der Waals surface area (Å²) in [5.41, 5.74) is 2.64. The van der Waals surface area contributed by atoms with Gasteiger partial charge in [0.25, 0.3) is 30.4 Å². The molecule has 0 amide bonds. The van der Waals surface area contributed by atoms with Crippen LogP contribution in [0.1, 0.15) is 15.9 Å². The maximum atomic E-state index is 12.1. The smallest absolute Gasteiger partial charge is 0.335 e. The van der Waals surface area contributed by atoms with Crippen molar-refractivity contribution in [1.29, 1.82) is 0 Å². The van der Waals surface area contributed by atoms with Crippen LogP contribution in [-0.4, -0.2) is 77.2 Å². The van der Waals surface area contributed by atoms with Gasteiger partial charge in [0.15, 0.2) is 0 Å². The van der Waals surface area contributed by atoms with E-state index in [2.05, 4.69) is 51.4 Å². The Morgan fingerprint density at radius 3 is 1.61 bits per heavy atom. The molecule has 24 heteroatoms. The number of hydrogen-bond acceptors (Lipinski definition) is 17. The Morgan fingerprint density at radius 2 is 1.10 bits per heavy atom. The molecule has 59 heavy (non-hydrogen) atoms. The van der Waals surface area contributed by atoms with Gasteiger partial charge in [0, 0.05) is 28.7 Å². The van der Waals surface area contributed by atoms with Crippen molar-refractivity contribution in [1.82, 2.24) is 15.0 Å². The fourth-order valence-electron chi connectivity index (χ4n) is 5.32. The highest BCUT2D eigenvalue weighted by atomic mass is 32.2. The second-order valence-electron chi connectivity index (χ2n) is 12.4. The molecule has 0 aliphatic heterocycles. The highest BCUT2D eigenvalue weighted by molar-refractivity contribution is 7.86. The van der Waals surface area contributed by atoms with Gasteiger partial charge in [0.1, 0.15) is 9.79 Å². The summed E-state index contributed by atoms with van der Waals surface area (Å²) in [4.78, 5) is 23.0. The van der Waals surface area contributed by atoms with Crippen LogP contribution in [0.25, 0.3) is 10.8 Å². The van der Waals surface area contributed by atoms with Crippen molar-refractivity contribution >= 4 is 99.1 Å². The van der Waals surface area contributed by atoms with Gasteiger partial charge in [-0.25, -0.2) is 4.79 Å². The summed E-state index contributed by atoms with van der Waals surface area (Å²) in [5, 5.41) is 34.0. The lowest BCUT2D eigenvalue weighted by atomic mass is 10.1. The van der Waals surface area contributed by atoms with Crippen LogP contribution in [0.15, 0.2) is 127 Å². The average Bonchev–Trinajstić information content (AvgIpc) is 3.15. The first-order chi connectivity index (χ1) is 27.8. The fraction of sp³-hybridized carbons (Fsp3) is 0.0857. The number of nitrogens with one attached hydrogen (secondary N) is 3. The topological polar surface area (TPSA) is 325 Å². The first kappa shape index (κ1) is 41.8. The Morgan fingerprint density at radius 1 is 0.593 bits per heavy atom. The number of carboxylic acids is 1. The number of aromatic carboxylic acids is 1. The van der Waals surface area contributed by atoms with Crippen molar-refractivity contribution < 1.29 is 48.8 Å². The summed E-state index contributed by atoms with van der Waals surface area (Å²) >= 11 is 0. The van der Waals surface area contributed by atoms with Gasteiger partial charge in [-0.15, -0.1) is 0 Å². The van der Waals surface area contributed by atoms with Gasteiger partial charge in [0.2, 0.25) is 17.8 Å². The molecular formula is C35H30N10O11S3. The predicted molar refractivity (Wildman–Crippen MR) is 214 cm³/mol. The quantitative estimate of drug-likeness (QED) is 0.0398. The summed E-state index contributed by atoms with van der Waals surface area (Å²) in [6.07, 6.45) is 0. The molecule has 1 heterocycles. The van der Waals surface area contributed by atoms with Gasteiger partial charge >= 0.3 is 5.97 Å². The molecule has 0 unspecified atom stereocenters. The van der Waals surface area contributed by atoms with E-state index < -0.39 is 51.9 Å². The van der Waals surface area contributed by atoms with Crippen LogP contribution in [0, 0.1) is 6.92 Å². The zero-order chi connectivity index (χ0) is 42.5. The van der Waals surface area contributed by atoms with Gasteiger partial charge in [-0.05, 0) is 97.4 Å². The fourth-order valence-corrected chi connectivity index (χ4v) is 7.10. The third kappa shape index (κ3) is 11.4. The molecular weight excluding hydrogens is 833 g/mol. The molecule has 0 saturated heterocycles. The second kappa shape index (κ2) is 16.9. The van der Waals surface area contributed by atoms with Crippen LogP contribution in [0.3, 0.4) is 0 Å². The molecule has 1 aromatic heterocycles. The van der Waals surface area contributed by atoms with Gasteiger partial charge in [0.05, 0.1) is 34.1 Å². The molecule has 0 fully saturated rings. The standard InChI is InChI=1S/C35H30N10O11S3/c1-20-15-21(32(46)47)17-26(16-20)44-42-24-9-5-22(6-10-24)37-34-39-33(36-13-14-57(48,49)50)40-35(41-34)38-23-7-11-25(12-8-23)43-45-27-18-29-28(31(19-27)59(54,55)56)3-2-4-30(29)58(51,52)53/h2-12,15-19H,13-14H2,1H3,(H,46,47)(H,48,49,50)(H,51,52,53)(H,54,55,56)(H3,36,37,38,39,40,41). The zero-order valence-electron chi connectivity index (χ0n) is 30.2. The molecule has 0 aliphatic carbocycles. The summed E-state index contributed by atoms with van der Waals surface area (Å²) < 4.78 is 99.5. The van der Waals surface area contributed by atoms with Gasteiger partial charge in [-0.2, -0.15) is 60.7 Å². The molecule has 7 N–H and O–H groups in total. The van der Waals surface area contributed by atoms with Crippen LogP contribution in [0.2, 0.25) is 0 Å². The van der Waals surface area contributed by atoms with E-state index in [4.69, 9.17) is 4.55 Å². The molecule has 6 rings (SSSR count). The normalized spacial score (nSPS) is 12.3. The summed E-state index contributed by atoms with van der Waals surface area (Å²) in [6, 6.07) is 23.0. The van der Waals surface area contributed by atoms with E-state index in [1.165, 1.54) is 42.5 Å². The number of carbonyl (C=O) groups is 1. The highest BCUT2D eigenvalue weighted by Gasteiger charge is 2.21. The van der Waals surface area contributed by atoms with Crippen LogP contribution in [-0.2, 0) is 30.4 Å². The minimum Gasteiger partial charge on any atom is -0.478 e. The van der Waals surface area contributed by atoms with Crippen LogP contribution in [0.5, 0.6) is 0 Å².